The van der Waals surface area contributed by atoms with Gasteiger partial charge in [0.05, 0.1) is 13.2 Å². The molecule has 1 saturated carbocycles. The van der Waals surface area contributed by atoms with Crippen LogP contribution in [-0.4, -0.2) is 24.3 Å². The topological polar surface area (TPSA) is 46.5 Å². The van der Waals surface area contributed by atoms with Gasteiger partial charge in [-0.3, -0.25) is 4.79 Å². The Morgan fingerprint density at radius 3 is 2.68 bits per heavy atom. The van der Waals surface area contributed by atoms with Gasteiger partial charge < -0.3 is 9.84 Å². The molecular weight excluding hydrogens is 312 g/mol. The second kappa shape index (κ2) is 13.9. The van der Waals surface area contributed by atoms with Crippen molar-refractivity contribution in [3.8, 4) is 0 Å². The van der Waals surface area contributed by atoms with Gasteiger partial charge in [-0.05, 0) is 56.8 Å². The van der Waals surface area contributed by atoms with Crippen LogP contribution in [0.5, 0.6) is 0 Å². The van der Waals surface area contributed by atoms with Gasteiger partial charge in [0.15, 0.2) is 0 Å². The summed E-state index contributed by atoms with van der Waals surface area (Å²) >= 11 is 0. The number of rotatable bonds is 14. The highest BCUT2D eigenvalue weighted by Gasteiger charge is 2.33. The number of esters is 1. The zero-order valence-corrected chi connectivity index (χ0v) is 16.0. The van der Waals surface area contributed by atoms with E-state index in [0.29, 0.717) is 18.8 Å². The van der Waals surface area contributed by atoms with E-state index in [-0.39, 0.29) is 5.97 Å². The number of carbonyl (C=O) groups is 1. The second-order valence-electron chi connectivity index (χ2n) is 6.99. The van der Waals surface area contributed by atoms with Gasteiger partial charge in [-0.15, -0.1) is 0 Å². The maximum atomic E-state index is 11.0. The van der Waals surface area contributed by atoms with E-state index in [4.69, 9.17) is 0 Å². The third-order valence-electron chi connectivity index (χ3n) is 4.66. The molecule has 0 spiro atoms. The second-order valence-corrected chi connectivity index (χ2v) is 6.99. The van der Waals surface area contributed by atoms with Gasteiger partial charge in [-0.2, -0.15) is 0 Å². The van der Waals surface area contributed by atoms with Crippen LogP contribution in [0.4, 0.5) is 0 Å². The highest BCUT2D eigenvalue weighted by Crippen LogP contribution is 2.42. The van der Waals surface area contributed by atoms with Gasteiger partial charge in [0.2, 0.25) is 0 Å². The molecule has 0 aliphatic heterocycles. The average molecular weight is 349 g/mol. The lowest BCUT2D eigenvalue weighted by Crippen LogP contribution is -2.00. The van der Waals surface area contributed by atoms with E-state index >= 15 is 0 Å². The lowest BCUT2D eigenvalue weighted by atomic mass is 10.1. The standard InChI is InChI=1S/C22H36O3/c1-3-4-5-6-7-10-13-19-18-20(19)16-17-21(23)14-11-8-9-12-15-22(24)25-2/h7-8,10-11,16-17,19-21,23H,3-6,9,12-15,18H2,1-2H3/b10-7-,11-8-,17-16+/t19?,20?,21-/m0/s1. The molecule has 0 aromatic rings. The quantitative estimate of drug-likeness (QED) is 0.261. The average Bonchev–Trinajstić information content (AvgIpc) is 3.37. The molecule has 3 heteroatoms. The first-order valence-electron chi connectivity index (χ1n) is 9.90. The minimum atomic E-state index is -0.400. The fraction of sp³-hybridized carbons (Fsp3) is 0.682. The van der Waals surface area contributed by atoms with Gasteiger partial charge in [-0.1, -0.05) is 56.2 Å². The Morgan fingerprint density at radius 1 is 1.16 bits per heavy atom. The molecular formula is C22H36O3. The van der Waals surface area contributed by atoms with Crippen molar-refractivity contribution in [3.05, 3.63) is 36.5 Å². The van der Waals surface area contributed by atoms with E-state index in [2.05, 4.69) is 29.9 Å². The molecule has 1 aliphatic carbocycles. The van der Waals surface area contributed by atoms with E-state index in [0.717, 1.165) is 18.8 Å². The van der Waals surface area contributed by atoms with Gasteiger partial charge in [0.25, 0.3) is 0 Å². The summed E-state index contributed by atoms with van der Waals surface area (Å²) < 4.78 is 4.59. The van der Waals surface area contributed by atoms with Gasteiger partial charge in [-0.25, -0.2) is 0 Å². The summed E-state index contributed by atoms with van der Waals surface area (Å²) in [6, 6.07) is 0. The molecule has 1 fully saturated rings. The first-order valence-corrected chi connectivity index (χ1v) is 9.90. The molecule has 0 saturated heterocycles. The van der Waals surface area contributed by atoms with Crippen LogP contribution in [0, 0.1) is 11.8 Å². The third-order valence-corrected chi connectivity index (χ3v) is 4.66. The number of aliphatic hydroxyl groups is 1. The summed E-state index contributed by atoms with van der Waals surface area (Å²) in [4.78, 5) is 11.0. The predicted octanol–water partition coefficient (Wildman–Crippen LogP) is 5.36. The van der Waals surface area contributed by atoms with Crippen molar-refractivity contribution in [1.82, 2.24) is 0 Å². The molecule has 25 heavy (non-hydrogen) atoms. The zero-order chi connectivity index (χ0) is 18.3. The molecule has 0 radical (unpaired) electrons. The number of methoxy groups -OCH3 is 1. The molecule has 1 N–H and O–H groups in total. The number of allylic oxidation sites excluding steroid dienone is 4. The monoisotopic (exact) mass is 348 g/mol. The molecule has 0 bridgehead atoms. The smallest absolute Gasteiger partial charge is 0.305 e. The molecule has 3 atom stereocenters. The van der Waals surface area contributed by atoms with Crippen molar-refractivity contribution in [2.75, 3.05) is 7.11 Å². The number of aliphatic hydroxyl groups excluding tert-OH is 1. The number of hydrogen-bond acceptors (Lipinski definition) is 3. The van der Waals surface area contributed by atoms with Gasteiger partial charge in [0.1, 0.15) is 0 Å². The molecule has 3 nitrogen and oxygen atoms in total. The summed E-state index contributed by atoms with van der Waals surface area (Å²) in [6.45, 7) is 2.24. The Labute approximate surface area is 153 Å². The van der Waals surface area contributed by atoms with Gasteiger partial charge >= 0.3 is 5.97 Å². The number of carbonyl (C=O) groups excluding carboxylic acids is 1. The first kappa shape index (κ1) is 21.7. The van der Waals surface area contributed by atoms with Crippen LogP contribution in [-0.2, 0) is 9.53 Å². The van der Waals surface area contributed by atoms with Crippen molar-refractivity contribution in [3.63, 3.8) is 0 Å². The molecule has 1 rings (SSSR count). The third kappa shape index (κ3) is 11.8. The summed E-state index contributed by atoms with van der Waals surface area (Å²) in [6.07, 6.45) is 22.7. The Balaban J connectivity index is 2.03. The van der Waals surface area contributed by atoms with E-state index in [1.54, 1.807) is 0 Å². The highest BCUT2D eigenvalue weighted by molar-refractivity contribution is 5.69. The zero-order valence-electron chi connectivity index (χ0n) is 16.0. The maximum Gasteiger partial charge on any atom is 0.305 e. The Kier molecular flexibility index (Phi) is 12.0. The summed E-state index contributed by atoms with van der Waals surface area (Å²) in [7, 11) is 1.41. The van der Waals surface area contributed by atoms with Crippen LogP contribution in [0.1, 0.15) is 71.1 Å². The van der Waals surface area contributed by atoms with Gasteiger partial charge in [0, 0.05) is 6.42 Å². The van der Waals surface area contributed by atoms with Crippen LogP contribution in [0.25, 0.3) is 0 Å². The van der Waals surface area contributed by atoms with Crippen LogP contribution in [0.15, 0.2) is 36.5 Å². The van der Waals surface area contributed by atoms with Crippen molar-refractivity contribution >= 4 is 5.97 Å². The minimum Gasteiger partial charge on any atom is -0.469 e. The van der Waals surface area contributed by atoms with Crippen molar-refractivity contribution in [1.29, 1.82) is 0 Å². The predicted molar refractivity (Wildman–Crippen MR) is 104 cm³/mol. The molecule has 0 amide bonds. The van der Waals surface area contributed by atoms with E-state index in [1.165, 1.54) is 45.6 Å². The number of unbranched alkanes of at least 4 members (excludes halogenated alkanes) is 4. The molecule has 0 aromatic heterocycles. The van der Waals surface area contributed by atoms with Crippen LogP contribution < -0.4 is 0 Å². The normalized spacial score (nSPS) is 21.4. The first-order chi connectivity index (χ1) is 12.2. The Hall–Kier alpha value is -1.35. The van der Waals surface area contributed by atoms with Crippen molar-refractivity contribution in [2.45, 2.75) is 77.2 Å². The van der Waals surface area contributed by atoms with E-state index in [9.17, 15) is 9.90 Å². The van der Waals surface area contributed by atoms with Crippen molar-refractivity contribution in [2.24, 2.45) is 11.8 Å². The molecule has 142 valence electrons. The number of hydrogen-bond donors (Lipinski definition) is 1. The van der Waals surface area contributed by atoms with Crippen molar-refractivity contribution < 1.29 is 14.6 Å². The molecule has 0 aromatic carbocycles. The highest BCUT2D eigenvalue weighted by atomic mass is 16.5. The van der Waals surface area contributed by atoms with Crippen LogP contribution >= 0.6 is 0 Å². The van der Waals surface area contributed by atoms with E-state index < -0.39 is 6.10 Å². The Morgan fingerprint density at radius 2 is 1.92 bits per heavy atom. The lowest BCUT2D eigenvalue weighted by molar-refractivity contribution is -0.140. The minimum absolute atomic E-state index is 0.161. The fourth-order valence-corrected chi connectivity index (χ4v) is 2.85. The number of ether oxygens (including phenoxy) is 1. The maximum absolute atomic E-state index is 11.0. The van der Waals surface area contributed by atoms with Crippen LogP contribution in [0.2, 0.25) is 0 Å². The molecule has 0 heterocycles. The lowest BCUT2D eigenvalue weighted by Gasteiger charge is -2.00. The molecule has 2 unspecified atom stereocenters. The summed E-state index contributed by atoms with van der Waals surface area (Å²) in [5.41, 5.74) is 0. The van der Waals surface area contributed by atoms with E-state index in [1.807, 2.05) is 18.2 Å². The summed E-state index contributed by atoms with van der Waals surface area (Å²) in [5, 5.41) is 9.97. The SMILES string of the molecule is CCCCC/C=C\CC1CC1/C=C/[C@@H](O)C/C=C\CCCC(=O)OC. The molecule has 1 aliphatic rings. The fourth-order valence-electron chi connectivity index (χ4n) is 2.85. The largest absolute Gasteiger partial charge is 0.469 e. The van der Waals surface area contributed by atoms with Crippen LogP contribution in [0.3, 0.4) is 0 Å². The Bertz CT molecular complexity index is 437. The summed E-state index contributed by atoms with van der Waals surface area (Å²) in [5.74, 6) is 1.27.